The molecule has 1 atom stereocenters. The second-order valence-corrected chi connectivity index (χ2v) is 5.68. The first-order chi connectivity index (χ1) is 8.58. The molecule has 18 heavy (non-hydrogen) atoms. The van der Waals surface area contributed by atoms with E-state index in [0.29, 0.717) is 0 Å². The van der Waals surface area contributed by atoms with E-state index in [0.717, 1.165) is 35.8 Å². The summed E-state index contributed by atoms with van der Waals surface area (Å²) in [6, 6.07) is 2.23. The maximum atomic E-state index is 6.20. The fraction of sp³-hybridized carbons (Fsp3) is 0.538. The summed E-state index contributed by atoms with van der Waals surface area (Å²) >= 11 is 1.68. The van der Waals surface area contributed by atoms with Crippen LogP contribution < -0.4 is 5.73 Å². The average Bonchev–Trinajstić information content (AvgIpc) is 2.85. The molecule has 0 aromatic carbocycles. The van der Waals surface area contributed by atoms with Crippen molar-refractivity contribution in [2.24, 2.45) is 5.73 Å². The number of aromatic nitrogens is 3. The highest BCUT2D eigenvalue weighted by Crippen LogP contribution is 2.12. The van der Waals surface area contributed by atoms with Crippen LogP contribution in [0.15, 0.2) is 11.4 Å². The van der Waals surface area contributed by atoms with Crippen molar-refractivity contribution in [3.05, 3.63) is 33.5 Å². The molecular formula is C13H20N4S. The molecule has 0 aliphatic rings. The van der Waals surface area contributed by atoms with Gasteiger partial charge >= 0.3 is 0 Å². The third-order valence-electron chi connectivity index (χ3n) is 2.89. The van der Waals surface area contributed by atoms with Gasteiger partial charge in [0.2, 0.25) is 0 Å². The molecule has 0 aliphatic carbocycles. The first-order valence-electron chi connectivity index (χ1n) is 6.28. The van der Waals surface area contributed by atoms with Gasteiger partial charge in [0.15, 0.2) is 0 Å². The maximum absolute atomic E-state index is 6.20. The largest absolute Gasteiger partial charge is 0.327 e. The Bertz CT molecular complexity index is 515. The third kappa shape index (κ3) is 3.17. The second kappa shape index (κ2) is 5.63. The van der Waals surface area contributed by atoms with Crippen molar-refractivity contribution in [2.75, 3.05) is 0 Å². The Hall–Kier alpha value is -1.20. The minimum absolute atomic E-state index is 0.105. The van der Waals surface area contributed by atoms with E-state index >= 15 is 0 Å². The summed E-state index contributed by atoms with van der Waals surface area (Å²) in [5, 5.41) is 7.64. The van der Waals surface area contributed by atoms with Crippen molar-refractivity contribution in [3.8, 4) is 0 Å². The van der Waals surface area contributed by atoms with Crippen LogP contribution in [-0.2, 0) is 19.4 Å². The zero-order chi connectivity index (χ0) is 13.1. The highest BCUT2D eigenvalue weighted by Gasteiger charge is 2.11. The van der Waals surface area contributed by atoms with Gasteiger partial charge in [-0.2, -0.15) is 5.10 Å². The van der Waals surface area contributed by atoms with Gasteiger partial charge < -0.3 is 5.73 Å². The van der Waals surface area contributed by atoms with E-state index in [1.807, 2.05) is 18.5 Å². The summed E-state index contributed by atoms with van der Waals surface area (Å²) in [4.78, 5) is 4.46. The standard InChI is InChI=1S/C13H20N4S/c1-4-17-13(5-9(2)16-17)7-11(14)6-12-8-18-10(3)15-12/h5,8,11H,4,6-7,14H2,1-3H3. The predicted octanol–water partition coefficient (Wildman–Crippen LogP) is 2.09. The monoisotopic (exact) mass is 264 g/mol. The highest BCUT2D eigenvalue weighted by atomic mass is 32.1. The molecule has 0 spiro atoms. The number of hydrogen-bond acceptors (Lipinski definition) is 4. The number of nitrogens with two attached hydrogens (primary N) is 1. The minimum atomic E-state index is 0.105. The zero-order valence-electron chi connectivity index (χ0n) is 11.2. The smallest absolute Gasteiger partial charge is 0.0897 e. The van der Waals surface area contributed by atoms with Crippen LogP contribution in [0.2, 0.25) is 0 Å². The fourth-order valence-corrected chi connectivity index (χ4v) is 2.77. The number of aryl methyl sites for hydroxylation is 3. The maximum Gasteiger partial charge on any atom is 0.0897 e. The van der Waals surface area contributed by atoms with Crippen LogP contribution >= 0.6 is 11.3 Å². The third-order valence-corrected chi connectivity index (χ3v) is 3.72. The van der Waals surface area contributed by atoms with Gasteiger partial charge in [0.1, 0.15) is 0 Å². The molecule has 2 heterocycles. The molecular weight excluding hydrogens is 244 g/mol. The van der Waals surface area contributed by atoms with Crippen LogP contribution in [0.5, 0.6) is 0 Å². The first kappa shape index (κ1) is 13.2. The molecule has 0 amide bonds. The van der Waals surface area contributed by atoms with Crippen molar-refractivity contribution < 1.29 is 0 Å². The van der Waals surface area contributed by atoms with E-state index < -0.39 is 0 Å². The van der Waals surface area contributed by atoms with Crippen LogP contribution in [0.4, 0.5) is 0 Å². The molecule has 0 fully saturated rings. The number of nitrogens with zero attached hydrogens (tertiary/aromatic N) is 3. The zero-order valence-corrected chi connectivity index (χ0v) is 12.0. The minimum Gasteiger partial charge on any atom is -0.327 e. The molecule has 98 valence electrons. The van der Waals surface area contributed by atoms with Gasteiger partial charge in [-0.05, 0) is 26.8 Å². The first-order valence-corrected chi connectivity index (χ1v) is 7.16. The van der Waals surface area contributed by atoms with Gasteiger partial charge in [-0.3, -0.25) is 4.68 Å². The summed E-state index contributed by atoms with van der Waals surface area (Å²) in [6.45, 7) is 7.04. The Labute approximate surface area is 112 Å². The van der Waals surface area contributed by atoms with E-state index in [-0.39, 0.29) is 6.04 Å². The molecule has 0 bridgehead atoms. The lowest BCUT2D eigenvalue weighted by Crippen LogP contribution is -2.27. The molecule has 0 radical (unpaired) electrons. The van der Waals surface area contributed by atoms with Gasteiger partial charge in [-0.25, -0.2) is 4.98 Å². The topological polar surface area (TPSA) is 56.7 Å². The summed E-state index contributed by atoms with van der Waals surface area (Å²) in [5.74, 6) is 0. The Morgan fingerprint density at radius 3 is 2.78 bits per heavy atom. The average molecular weight is 264 g/mol. The summed E-state index contributed by atoms with van der Waals surface area (Å²) < 4.78 is 2.03. The lowest BCUT2D eigenvalue weighted by Gasteiger charge is -2.11. The Balaban J connectivity index is 2.00. The van der Waals surface area contributed by atoms with Gasteiger partial charge in [0.25, 0.3) is 0 Å². The molecule has 0 saturated heterocycles. The van der Waals surface area contributed by atoms with E-state index in [1.54, 1.807) is 11.3 Å². The van der Waals surface area contributed by atoms with Crippen molar-refractivity contribution >= 4 is 11.3 Å². The van der Waals surface area contributed by atoms with Crippen molar-refractivity contribution in [2.45, 2.75) is 46.2 Å². The Morgan fingerprint density at radius 2 is 2.17 bits per heavy atom. The second-order valence-electron chi connectivity index (χ2n) is 4.62. The quantitative estimate of drug-likeness (QED) is 0.899. The number of thiazole rings is 1. The highest BCUT2D eigenvalue weighted by molar-refractivity contribution is 7.09. The molecule has 5 heteroatoms. The normalized spacial score (nSPS) is 12.9. The molecule has 2 rings (SSSR count). The number of rotatable bonds is 5. The molecule has 2 N–H and O–H groups in total. The van der Waals surface area contributed by atoms with Crippen LogP contribution in [-0.4, -0.2) is 20.8 Å². The molecule has 0 aliphatic heterocycles. The van der Waals surface area contributed by atoms with Crippen molar-refractivity contribution in [1.82, 2.24) is 14.8 Å². The van der Waals surface area contributed by atoms with Crippen LogP contribution in [0.3, 0.4) is 0 Å². The van der Waals surface area contributed by atoms with Crippen LogP contribution in [0.25, 0.3) is 0 Å². The SMILES string of the molecule is CCn1nc(C)cc1CC(N)Cc1csc(C)n1. The van der Waals surface area contributed by atoms with Crippen LogP contribution in [0, 0.1) is 13.8 Å². The lowest BCUT2D eigenvalue weighted by molar-refractivity contribution is 0.572. The fourth-order valence-electron chi connectivity index (χ4n) is 2.15. The van der Waals surface area contributed by atoms with E-state index in [2.05, 4.69) is 28.5 Å². The van der Waals surface area contributed by atoms with E-state index in [9.17, 15) is 0 Å². The molecule has 0 saturated carbocycles. The lowest BCUT2D eigenvalue weighted by atomic mass is 10.1. The molecule has 2 aromatic rings. The van der Waals surface area contributed by atoms with Crippen LogP contribution in [0.1, 0.15) is 29.0 Å². The summed E-state index contributed by atoms with van der Waals surface area (Å²) in [7, 11) is 0. The van der Waals surface area contributed by atoms with Crippen molar-refractivity contribution in [1.29, 1.82) is 0 Å². The van der Waals surface area contributed by atoms with Gasteiger partial charge in [-0.15, -0.1) is 11.3 Å². The summed E-state index contributed by atoms with van der Waals surface area (Å²) in [6.07, 6.45) is 1.68. The van der Waals surface area contributed by atoms with E-state index in [4.69, 9.17) is 5.73 Å². The summed E-state index contributed by atoms with van der Waals surface area (Å²) in [5.41, 5.74) is 9.58. The number of hydrogen-bond donors (Lipinski definition) is 1. The molecule has 1 unspecified atom stereocenters. The van der Waals surface area contributed by atoms with Gasteiger partial charge in [0, 0.05) is 36.5 Å². The Morgan fingerprint density at radius 1 is 1.39 bits per heavy atom. The predicted molar refractivity (Wildman–Crippen MR) is 74.9 cm³/mol. The van der Waals surface area contributed by atoms with Gasteiger partial charge in [0.05, 0.1) is 16.4 Å². The van der Waals surface area contributed by atoms with E-state index in [1.165, 1.54) is 5.69 Å². The molecule has 4 nitrogen and oxygen atoms in total. The van der Waals surface area contributed by atoms with Crippen molar-refractivity contribution in [3.63, 3.8) is 0 Å². The Kier molecular flexibility index (Phi) is 4.14. The van der Waals surface area contributed by atoms with Gasteiger partial charge in [-0.1, -0.05) is 0 Å². The molecule has 2 aromatic heterocycles.